The van der Waals surface area contributed by atoms with Crippen LogP contribution < -0.4 is 0 Å². The first-order chi connectivity index (χ1) is 6.71. The van der Waals surface area contributed by atoms with E-state index >= 15 is 0 Å². The zero-order chi connectivity index (χ0) is 10.6. The minimum absolute atomic E-state index is 0.290. The average molecular weight is 187 g/mol. The topological polar surface area (TPSA) is 57.9 Å². The van der Waals surface area contributed by atoms with Gasteiger partial charge in [-0.1, -0.05) is 6.92 Å². The van der Waals surface area contributed by atoms with Crippen LogP contribution in [-0.4, -0.2) is 12.6 Å². The maximum Gasteiger partial charge on any atom is 0.150 e. The molecule has 0 fully saturated rings. The summed E-state index contributed by atoms with van der Waals surface area (Å²) in [6.45, 7) is 1.72. The molecule has 0 aromatic heterocycles. The maximum atomic E-state index is 10.5. The fourth-order valence-corrected chi connectivity index (χ4v) is 1.15. The van der Waals surface area contributed by atoms with Gasteiger partial charge >= 0.3 is 0 Å². The molecular weight excluding hydrogens is 178 g/mol. The lowest BCUT2D eigenvalue weighted by Gasteiger charge is -2.04. The molecule has 0 saturated carbocycles. The molecule has 14 heavy (non-hydrogen) atoms. The number of nitriles is 1. The van der Waals surface area contributed by atoms with Crippen molar-refractivity contribution in [2.75, 3.05) is 0 Å². The van der Waals surface area contributed by atoms with Crippen molar-refractivity contribution in [3.05, 3.63) is 34.9 Å². The van der Waals surface area contributed by atoms with E-state index in [1.165, 1.54) is 6.07 Å². The van der Waals surface area contributed by atoms with E-state index in [0.717, 1.165) is 6.29 Å². The highest BCUT2D eigenvalue weighted by Crippen LogP contribution is 2.16. The number of rotatable bonds is 3. The third-order valence-electron chi connectivity index (χ3n) is 1.97. The average Bonchev–Trinajstić information content (AvgIpc) is 2.27. The molecule has 0 heterocycles. The molecule has 0 saturated heterocycles. The zero-order valence-corrected chi connectivity index (χ0v) is 7.73. The predicted molar refractivity (Wildman–Crippen MR) is 51.0 cm³/mol. The van der Waals surface area contributed by atoms with Gasteiger partial charge < -0.3 is 4.79 Å². The van der Waals surface area contributed by atoms with Gasteiger partial charge in [-0.15, -0.1) is 0 Å². The molecule has 0 aliphatic heterocycles. The predicted octanol–water partition coefficient (Wildman–Crippen LogP) is 1.67. The van der Waals surface area contributed by atoms with Crippen molar-refractivity contribution >= 4 is 12.6 Å². The van der Waals surface area contributed by atoms with Gasteiger partial charge in [0.05, 0.1) is 11.6 Å². The fourth-order valence-electron chi connectivity index (χ4n) is 1.15. The quantitative estimate of drug-likeness (QED) is 0.676. The minimum atomic E-state index is -0.290. The van der Waals surface area contributed by atoms with Crippen LogP contribution in [-0.2, 0) is 4.79 Å². The molecule has 0 N–H and O–H groups in total. The summed E-state index contributed by atoms with van der Waals surface area (Å²) in [6.07, 6.45) is 1.45. The zero-order valence-electron chi connectivity index (χ0n) is 7.73. The highest BCUT2D eigenvalue weighted by molar-refractivity contribution is 5.77. The van der Waals surface area contributed by atoms with Gasteiger partial charge in [-0.2, -0.15) is 5.26 Å². The molecule has 1 aromatic rings. The smallest absolute Gasteiger partial charge is 0.150 e. The van der Waals surface area contributed by atoms with Gasteiger partial charge in [-0.25, -0.2) is 0 Å². The highest BCUT2D eigenvalue weighted by atomic mass is 16.1. The Morgan fingerprint density at radius 1 is 1.36 bits per heavy atom. The summed E-state index contributed by atoms with van der Waals surface area (Å²) in [4.78, 5) is 21.1. The first kappa shape index (κ1) is 10.1. The molecule has 1 unspecified atom stereocenters. The largest absolute Gasteiger partial charge is 0.303 e. The standard InChI is InChI=1S/C11H9NO2/c1-8(6-13)11-3-9(5-12)2-10(4-11)7-14/h2-4,6-8H,1H3. The number of nitrogens with zero attached hydrogens (tertiary/aromatic N) is 1. The van der Waals surface area contributed by atoms with Crippen molar-refractivity contribution in [2.45, 2.75) is 12.8 Å². The molecule has 1 atom stereocenters. The molecule has 0 amide bonds. The normalized spacial score (nSPS) is 11.4. The molecule has 3 nitrogen and oxygen atoms in total. The maximum absolute atomic E-state index is 10.5. The van der Waals surface area contributed by atoms with E-state index in [9.17, 15) is 9.59 Å². The Kier molecular flexibility index (Phi) is 3.14. The Balaban J connectivity index is 3.24. The molecule has 0 bridgehead atoms. The highest BCUT2D eigenvalue weighted by Gasteiger charge is 2.06. The Morgan fingerprint density at radius 2 is 2.07 bits per heavy atom. The number of hydrogen-bond acceptors (Lipinski definition) is 3. The van der Waals surface area contributed by atoms with Crippen molar-refractivity contribution in [3.63, 3.8) is 0 Å². The SMILES string of the molecule is CC(C=O)c1cc(C#N)cc(C=O)c1. The fraction of sp³-hybridized carbons (Fsp3) is 0.182. The van der Waals surface area contributed by atoms with Crippen LogP contribution in [0.2, 0.25) is 0 Å². The van der Waals surface area contributed by atoms with Crippen molar-refractivity contribution in [2.24, 2.45) is 0 Å². The van der Waals surface area contributed by atoms with Crippen LogP contribution in [0.15, 0.2) is 18.2 Å². The summed E-state index contributed by atoms with van der Waals surface area (Å²) in [6, 6.07) is 6.68. The Labute approximate surface area is 82.0 Å². The van der Waals surface area contributed by atoms with Crippen molar-refractivity contribution < 1.29 is 9.59 Å². The second-order valence-corrected chi connectivity index (χ2v) is 3.04. The van der Waals surface area contributed by atoms with Gasteiger partial charge in [-0.05, 0) is 23.8 Å². The Bertz CT molecular complexity index is 404. The Hall–Kier alpha value is -1.95. The lowest BCUT2D eigenvalue weighted by Crippen LogP contribution is -1.97. The molecule has 0 aliphatic rings. The summed E-state index contributed by atoms with van der Waals surface area (Å²) in [7, 11) is 0. The molecule has 0 aliphatic carbocycles. The van der Waals surface area contributed by atoms with E-state index in [1.807, 2.05) is 6.07 Å². The summed E-state index contributed by atoms with van der Waals surface area (Å²) in [5.74, 6) is -0.290. The van der Waals surface area contributed by atoms with E-state index in [0.29, 0.717) is 23.0 Å². The monoisotopic (exact) mass is 187 g/mol. The van der Waals surface area contributed by atoms with Crippen LogP contribution in [0.25, 0.3) is 0 Å². The molecular formula is C11H9NO2. The minimum Gasteiger partial charge on any atom is -0.303 e. The van der Waals surface area contributed by atoms with Crippen molar-refractivity contribution in [1.29, 1.82) is 5.26 Å². The van der Waals surface area contributed by atoms with E-state index in [-0.39, 0.29) is 5.92 Å². The van der Waals surface area contributed by atoms with Gasteiger partial charge in [0.15, 0.2) is 0 Å². The van der Waals surface area contributed by atoms with Gasteiger partial charge in [0, 0.05) is 11.5 Å². The summed E-state index contributed by atoms with van der Waals surface area (Å²) in [5, 5.41) is 8.68. The molecule has 70 valence electrons. The van der Waals surface area contributed by atoms with Crippen molar-refractivity contribution in [1.82, 2.24) is 0 Å². The molecule has 0 spiro atoms. The third-order valence-corrected chi connectivity index (χ3v) is 1.97. The number of hydrogen-bond donors (Lipinski definition) is 0. The first-order valence-corrected chi connectivity index (χ1v) is 4.17. The summed E-state index contributed by atoms with van der Waals surface area (Å²) >= 11 is 0. The number of aldehydes is 2. The summed E-state index contributed by atoms with van der Waals surface area (Å²) in [5.41, 5.74) is 1.52. The van der Waals surface area contributed by atoms with Crippen LogP contribution in [0.5, 0.6) is 0 Å². The lowest BCUT2D eigenvalue weighted by molar-refractivity contribution is -0.108. The van der Waals surface area contributed by atoms with Crippen molar-refractivity contribution in [3.8, 4) is 6.07 Å². The molecule has 3 heteroatoms. The van der Waals surface area contributed by atoms with Gasteiger partial charge in [0.25, 0.3) is 0 Å². The molecule has 1 aromatic carbocycles. The summed E-state index contributed by atoms with van der Waals surface area (Å²) < 4.78 is 0. The van der Waals surface area contributed by atoms with Gasteiger partial charge in [0.1, 0.15) is 12.6 Å². The van der Waals surface area contributed by atoms with E-state index in [2.05, 4.69) is 0 Å². The number of carbonyl (C=O) groups excluding carboxylic acids is 2. The van der Waals surface area contributed by atoms with Crippen LogP contribution in [0, 0.1) is 11.3 Å². The second-order valence-electron chi connectivity index (χ2n) is 3.04. The Morgan fingerprint density at radius 3 is 2.57 bits per heavy atom. The third kappa shape index (κ3) is 2.05. The first-order valence-electron chi connectivity index (χ1n) is 4.17. The molecule has 1 rings (SSSR count). The molecule has 0 radical (unpaired) electrons. The second kappa shape index (κ2) is 4.33. The van der Waals surface area contributed by atoms with Crippen LogP contribution in [0.4, 0.5) is 0 Å². The number of benzene rings is 1. The van der Waals surface area contributed by atoms with E-state index < -0.39 is 0 Å². The van der Waals surface area contributed by atoms with Crippen LogP contribution in [0.3, 0.4) is 0 Å². The van der Waals surface area contributed by atoms with E-state index in [4.69, 9.17) is 5.26 Å². The van der Waals surface area contributed by atoms with E-state index in [1.54, 1.807) is 19.1 Å². The lowest BCUT2D eigenvalue weighted by atomic mass is 9.98. The number of carbonyl (C=O) groups is 2. The van der Waals surface area contributed by atoms with Gasteiger partial charge in [0.2, 0.25) is 0 Å². The van der Waals surface area contributed by atoms with Crippen LogP contribution >= 0.6 is 0 Å². The van der Waals surface area contributed by atoms with Crippen LogP contribution in [0.1, 0.15) is 34.3 Å². The van der Waals surface area contributed by atoms with Gasteiger partial charge in [-0.3, -0.25) is 4.79 Å².